The lowest BCUT2D eigenvalue weighted by molar-refractivity contribution is 0.807. The first kappa shape index (κ1) is 22.0. The number of nitrogens with one attached hydrogen (secondary N) is 2. The minimum atomic E-state index is 0. The van der Waals surface area contributed by atoms with Crippen LogP contribution < -0.4 is 15.5 Å². The number of benzene rings is 1. The van der Waals surface area contributed by atoms with Gasteiger partial charge in [0, 0.05) is 49.5 Å². The minimum absolute atomic E-state index is 0. The summed E-state index contributed by atoms with van der Waals surface area (Å²) in [6.45, 7) is 3.44. The van der Waals surface area contributed by atoms with Crippen LogP contribution in [-0.4, -0.2) is 31.1 Å². The summed E-state index contributed by atoms with van der Waals surface area (Å²) in [5, 5.41) is 7.87. The first-order chi connectivity index (χ1) is 12.7. The fourth-order valence-electron chi connectivity index (χ4n) is 2.94. The Labute approximate surface area is 187 Å². The van der Waals surface area contributed by atoms with Crippen molar-refractivity contribution in [3.05, 3.63) is 57.7 Å². The molecule has 8 heteroatoms. The maximum atomic E-state index is 6.21. The molecular weight excluding hydrogens is 496 g/mol. The van der Waals surface area contributed by atoms with Gasteiger partial charge in [0.05, 0.1) is 0 Å². The zero-order chi connectivity index (χ0) is 18.4. The Balaban J connectivity index is 0.00000261. The lowest BCUT2D eigenvalue weighted by atomic mass is 10.2. The van der Waals surface area contributed by atoms with Crippen molar-refractivity contribution < 1.29 is 0 Å². The SMILES string of the molecule is CN=C(NCc1ccnc(N2CCCC2)c1)NCc1ccc(Cl)cc1Cl.I. The number of rotatable bonds is 5. The fraction of sp³-hybridized carbons (Fsp3) is 0.368. The van der Waals surface area contributed by atoms with Crippen LogP contribution in [0.15, 0.2) is 41.5 Å². The quantitative estimate of drug-likeness (QED) is 0.347. The van der Waals surface area contributed by atoms with Crippen molar-refractivity contribution in [1.82, 2.24) is 15.6 Å². The standard InChI is InChI=1S/C19H23Cl2N5.HI/c1-22-19(25-13-15-4-5-16(20)11-17(15)21)24-12-14-6-7-23-18(10-14)26-8-2-3-9-26;/h4-7,10-11H,2-3,8-9,12-13H2,1H3,(H2,22,24,25);1H. The van der Waals surface area contributed by atoms with Crippen molar-refractivity contribution in [3.8, 4) is 0 Å². The smallest absolute Gasteiger partial charge is 0.191 e. The maximum absolute atomic E-state index is 6.21. The number of aliphatic imine (C=N–C) groups is 1. The van der Waals surface area contributed by atoms with E-state index in [1.54, 1.807) is 13.1 Å². The molecule has 0 spiro atoms. The molecule has 0 bridgehead atoms. The number of halogens is 3. The van der Waals surface area contributed by atoms with E-state index in [1.807, 2.05) is 24.4 Å². The Hall–Kier alpha value is -1.25. The summed E-state index contributed by atoms with van der Waals surface area (Å²) < 4.78 is 0. The lowest BCUT2D eigenvalue weighted by Gasteiger charge is -2.17. The third kappa shape index (κ3) is 6.40. The molecule has 0 amide bonds. The van der Waals surface area contributed by atoms with Gasteiger partial charge in [0.1, 0.15) is 5.82 Å². The van der Waals surface area contributed by atoms with Gasteiger partial charge in [-0.3, -0.25) is 4.99 Å². The van der Waals surface area contributed by atoms with Crippen LogP contribution in [0.5, 0.6) is 0 Å². The van der Waals surface area contributed by atoms with Crippen molar-refractivity contribution in [2.24, 2.45) is 4.99 Å². The Morgan fingerprint density at radius 1 is 1.11 bits per heavy atom. The Morgan fingerprint density at radius 2 is 1.85 bits per heavy atom. The number of guanidine groups is 1. The average Bonchev–Trinajstić information content (AvgIpc) is 3.18. The van der Waals surface area contributed by atoms with E-state index in [2.05, 4.69) is 31.6 Å². The molecule has 1 aliphatic rings. The van der Waals surface area contributed by atoms with Crippen LogP contribution >= 0.6 is 47.2 Å². The lowest BCUT2D eigenvalue weighted by Crippen LogP contribution is -2.36. The molecule has 1 saturated heterocycles. The van der Waals surface area contributed by atoms with Crippen LogP contribution in [0, 0.1) is 0 Å². The molecular formula is C19H24Cl2IN5. The van der Waals surface area contributed by atoms with Gasteiger partial charge >= 0.3 is 0 Å². The van der Waals surface area contributed by atoms with Crippen molar-refractivity contribution in [2.75, 3.05) is 25.0 Å². The van der Waals surface area contributed by atoms with Crippen molar-refractivity contribution in [2.45, 2.75) is 25.9 Å². The number of aromatic nitrogens is 1. The van der Waals surface area contributed by atoms with Gasteiger partial charge in [-0.1, -0.05) is 29.3 Å². The third-order valence-corrected chi connectivity index (χ3v) is 4.97. The number of hydrogen-bond donors (Lipinski definition) is 2. The Bertz CT molecular complexity index is 778. The second kappa shape index (κ2) is 10.9. The Morgan fingerprint density at radius 3 is 2.56 bits per heavy atom. The molecule has 5 nitrogen and oxygen atoms in total. The molecule has 3 rings (SSSR count). The molecule has 0 saturated carbocycles. The fourth-order valence-corrected chi connectivity index (χ4v) is 3.42. The van der Waals surface area contributed by atoms with E-state index in [4.69, 9.17) is 23.2 Å². The van der Waals surface area contributed by atoms with E-state index < -0.39 is 0 Å². The van der Waals surface area contributed by atoms with Gasteiger partial charge in [0.15, 0.2) is 5.96 Å². The molecule has 2 N–H and O–H groups in total. The van der Waals surface area contributed by atoms with Gasteiger partial charge in [-0.05, 0) is 48.2 Å². The average molecular weight is 520 g/mol. The van der Waals surface area contributed by atoms with Crippen LogP contribution in [0.25, 0.3) is 0 Å². The molecule has 0 aliphatic carbocycles. The van der Waals surface area contributed by atoms with E-state index in [0.717, 1.165) is 30.4 Å². The second-order valence-corrected chi connectivity index (χ2v) is 7.08. The molecule has 2 aromatic rings. The predicted molar refractivity (Wildman–Crippen MR) is 125 cm³/mol. The topological polar surface area (TPSA) is 52.6 Å². The molecule has 0 radical (unpaired) electrons. The minimum Gasteiger partial charge on any atom is -0.357 e. The van der Waals surface area contributed by atoms with Gasteiger partial charge in [0.25, 0.3) is 0 Å². The number of nitrogens with zero attached hydrogens (tertiary/aromatic N) is 3. The van der Waals surface area contributed by atoms with E-state index >= 15 is 0 Å². The molecule has 0 atom stereocenters. The summed E-state index contributed by atoms with van der Waals surface area (Å²) in [6, 6.07) is 9.65. The van der Waals surface area contributed by atoms with Crippen molar-refractivity contribution in [1.29, 1.82) is 0 Å². The van der Waals surface area contributed by atoms with Gasteiger partial charge in [-0.2, -0.15) is 0 Å². The summed E-state index contributed by atoms with van der Waals surface area (Å²) in [6.07, 6.45) is 4.36. The Kier molecular flexibility index (Phi) is 8.92. The zero-order valence-corrected chi connectivity index (χ0v) is 19.1. The van der Waals surface area contributed by atoms with Crippen LogP contribution in [0.2, 0.25) is 10.0 Å². The molecule has 1 fully saturated rings. The monoisotopic (exact) mass is 519 g/mol. The maximum Gasteiger partial charge on any atom is 0.191 e. The molecule has 146 valence electrons. The van der Waals surface area contributed by atoms with Crippen molar-refractivity contribution in [3.63, 3.8) is 0 Å². The zero-order valence-electron chi connectivity index (χ0n) is 15.2. The van der Waals surface area contributed by atoms with Gasteiger partial charge < -0.3 is 15.5 Å². The number of pyridine rings is 1. The molecule has 1 aromatic carbocycles. The van der Waals surface area contributed by atoms with Crippen LogP contribution in [0.1, 0.15) is 24.0 Å². The molecule has 27 heavy (non-hydrogen) atoms. The highest BCUT2D eigenvalue weighted by atomic mass is 127. The summed E-state index contributed by atoms with van der Waals surface area (Å²) in [5.41, 5.74) is 2.15. The van der Waals surface area contributed by atoms with Crippen molar-refractivity contribution >= 4 is 59.0 Å². The van der Waals surface area contributed by atoms with Crippen LogP contribution in [-0.2, 0) is 13.1 Å². The van der Waals surface area contributed by atoms with E-state index in [9.17, 15) is 0 Å². The van der Waals surface area contributed by atoms with E-state index in [0.29, 0.717) is 23.1 Å². The molecule has 0 unspecified atom stereocenters. The highest BCUT2D eigenvalue weighted by Crippen LogP contribution is 2.21. The summed E-state index contributed by atoms with van der Waals surface area (Å²) in [4.78, 5) is 11.1. The first-order valence-corrected chi connectivity index (χ1v) is 9.49. The van der Waals surface area contributed by atoms with E-state index in [-0.39, 0.29) is 24.0 Å². The molecule has 1 aromatic heterocycles. The third-order valence-electron chi connectivity index (χ3n) is 4.38. The number of anilines is 1. The predicted octanol–water partition coefficient (Wildman–Crippen LogP) is 4.47. The van der Waals surface area contributed by atoms with Crippen LogP contribution in [0.3, 0.4) is 0 Å². The number of hydrogen-bond acceptors (Lipinski definition) is 3. The highest BCUT2D eigenvalue weighted by Gasteiger charge is 2.13. The summed E-state index contributed by atoms with van der Waals surface area (Å²) in [7, 11) is 1.75. The normalized spacial score (nSPS) is 14.0. The largest absolute Gasteiger partial charge is 0.357 e. The molecule has 2 heterocycles. The molecule has 1 aliphatic heterocycles. The highest BCUT2D eigenvalue weighted by molar-refractivity contribution is 14.0. The summed E-state index contributed by atoms with van der Waals surface area (Å²) >= 11 is 12.1. The van der Waals surface area contributed by atoms with Gasteiger partial charge in [-0.15, -0.1) is 24.0 Å². The summed E-state index contributed by atoms with van der Waals surface area (Å²) in [5.74, 6) is 1.77. The van der Waals surface area contributed by atoms with Gasteiger partial charge in [-0.25, -0.2) is 4.98 Å². The van der Waals surface area contributed by atoms with Gasteiger partial charge in [0.2, 0.25) is 0 Å². The second-order valence-electron chi connectivity index (χ2n) is 6.23. The first-order valence-electron chi connectivity index (χ1n) is 8.74. The van der Waals surface area contributed by atoms with E-state index in [1.165, 1.54) is 18.4 Å². The van der Waals surface area contributed by atoms with Crippen LogP contribution in [0.4, 0.5) is 5.82 Å².